The topological polar surface area (TPSA) is 34.2 Å². The molecule has 0 amide bonds. The van der Waals surface area contributed by atoms with Gasteiger partial charge in [0, 0.05) is 45.0 Å². The van der Waals surface area contributed by atoms with E-state index in [1.54, 1.807) is 7.11 Å². The molecule has 0 radical (unpaired) electrons. The van der Waals surface area contributed by atoms with Gasteiger partial charge in [-0.2, -0.15) is 0 Å². The van der Waals surface area contributed by atoms with Crippen molar-refractivity contribution in [1.82, 2.24) is 9.80 Å². The lowest BCUT2D eigenvalue weighted by Crippen LogP contribution is -2.62. The van der Waals surface area contributed by atoms with Crippen LogP contribution in [0.4, 0.5) is 0 Å². The minimum absolute atomic E-state index is 0.0633. The van der Waals surface area contributed by atoms with Crippen LogP contribution in [0.3, 0.4) is 0 Å². The number of methoxy groups -OCH3 is 1. The van der Waals surface area contributed by atoms with Crippen LogP contribution in [-0.4, -0.2) is 73.5 Å². The molecule has 0 aromatic heterocycles. The summed E-state index contributed by atoms with van der Waals surface area (Å²) >= 11 is 0. The summed E-state index contributed by atoms with van der Waals surface area (Å²) in [5.74, 6) is 1.84. The van der Waals surface area contributed by atoms with Crippen molar-refractivity contribution in [3.05, 3.63) is 35.9 Å². The summed E-state index contributed by atoms with van der Waals surface area (Å²) in [6, 6.07) is 7.15. The molecular weight excluding hydrogens is 424 g/mol. The second-order valence-corrected chi connectivity index (χ2v) is 11.3. The van der Waals surface area contributed by atoms with E-state index >= 15 is 0 Å². The number of aryl methyl sites for hydroxylation is 1. The monoisotopic (exact) mass is 470 g/mol. The SMILES string of the molecule is C=C(c1ccc(OC(C)C)c(C)c1)N1CCC2(CC1)CN(C1CCC(C)CC1)CC(COC)O2. The van der Waals surface area contributed by atoms with E-state index in [9.17, 15) is 0 Å². The average molecular weight is 471 g/mol. The fourth-order valence-corrected chi connectivity index (χ4v) is 6.14. The molecule has 1 aromatic rings. The number of benzene rings is 1. The lowest BCUT2D eigenvalue weighted by atomic mass is 9.83. The van der Waals surface area contributed by atoms with Crippen LogP contribution in [-0.2, 0) is 9.47 Å². The van der Waals surface area contributed by atoms with Gasteiger partial charge in [-0.1, -0.05) is 13.5 Å². The summed E-state index contributed by atoms with van der Waals surface area (Å²) in [7, 11) is 1.79. The van der Waals surface area contributed by atoms with Crippen LogP contribution < -0.4 is 4.74 Å². The van der Waals surface area contributed by atoms with Gasteiger partial charge < -0.3 is 19.1 Å². The molecule has 2 aliphatic heterocycles. The number of morpholine rings is 1. The van der Waals surface area contributed by atoms with Crippen LogP contribution >= 0.6 is 0 Å². The van der Waals surface area contributed by atoms with E-state index in [0.717, 1.165) is 61.9 Å². The first-order valence-corrected chi connectivity index (χ1v) is 13.4. The van der Waals surface area contributed by atoms with Crippen LogP contribution in [0.1, 0.15) is 70.4 Å². The molecule has 5 heteroatoms. The van der Waals surface area contributed by atoms with Crippen molar-refractivity contribution < 1.29 is 14.2 Å². The quantitative estimate of drug-likeness (QED) is 0.525. The molecule has 5 nitrogen and oxygen atoms in total. The Morgan fingerprint density at radius 1 is 1.18 bits per heavy atom. The summed E-state index contributed by atoms with van der Waals surface area (Å²) in [4.78, 5) is 5.19. The highest BCUT2D eigenvalue weighted by Crippen LogP contribution is 2.38. The van der Waals surface area contributed by atoms with Crippen molar-refractivity contribution in [2.24, 2.45) is 5.92 Å². The van der Waals surface area contributed by atoms with Gasteiger partial charge in [-0.05, 0) is 94.5 Å². The van der Waals surface area contributed by atoms with Gasteiger partial charge in [-0.3, -0.25) is 4.90 Å². The highest BCUT2D eigenvalue weighted by Gasteiger charge is 2.45. The van der Waals surface area contributed by atoms with Gasteiger partial charge in [-0.25, -0.2) is 0 Å². The number of hydrogen-bond donors (Lipinski definition) is 0. The standard InChI is InChI=1S/C29H46N2O3/c1-21(2)33-28-12-9-25(17-23(28)4)24(5)30-15-13-29(14-16-30)20-31(18-27(34-29)19-32-6)26-10-7-22(3)8-11-26/h9,12,17,21-22,26-27H,5,7-8,10-11,13-16,18-20H2,1-4,6H3. The zero-order valence-electron chi connectivity index (χ0n) is 22.1. The number of rotatable bonds is 7. The second kappa shape index (κ2) is 11.0. The zero-order chi connectivity index (χ0) is 24.3. The third kappa shape index (κ3) is 5.98. The first-order valence-electron chi connectivity index (χ1n) is 13.4. The molecule has 34 heavy (non-hydrogen) atoms. The predicted molar refractivity (Wildman–Crippen MR) is 139 cm³/mol. The summed E-state index contributed by atoms with van der Waals surface area (Å²) in [5.41, 5.74) is 3.39. The smallest absolute Gasteiger partial charge is 0.122 e. The first kappa shape index (κ1) is 25.5. The average Bonchev–Trinajstić information content (AvgIpc) is 2.81. The van der Waals surface area contributed by atoms with Crippen molar-refractivity contribution in [3.63, 3.8) is 0 Å². The van der Waals surface area contributed by atoms with E-state index in [1.165, 1.54) is 31.2 Å². The maximum absolute atomic E-state index is 6.76. The Labute approximate surface area is 207 Å². The lowest BCUT2D eigenvalue weighted by Gasteiger charge is -2.52. The molecule has 3 fully saturated rings. The molecule has 0 bridgehead atoms. The molecule has 1 aromatic carbocycles. The fraction of sp³-hybridized carbons (Fsp3) is 0.724. The van der Waals surface area contributed by atoms with E-state index in [4.69, 9.17) is 14.2 Å². The Morgan fingerprint density at radius 2 is 1.88 bits per heavy atom. The normalized spacial score (nSPS) is 27.8. The maximum Gasteiger partial charge on any atom is 0.122 e. The Balaban J connectivity index is 1.40. The summed E-state index contributed by atoms with van der Waals surface area (Å²) in [6.45, 7) is 17.8. The number of nitrogens with zero attached hydrogens (tertiary/aromatic N) is 2. The predicted octanol–water partition coefficient (Wildman–Crippen LogP) is 5.51. The molecule has 2 heterocycles. The number of ether oxygens (including phenoxy) is 3. The molecular formula is C29H46N2O3. The minimum atomic E-state index is -0.0633. The molecule has 2 saturated heterocycles. The van der Waals surface area contributed by atoms with Gasteiger partial charge in [0.2, 0.25) is 0 Å². The molecule has 3 aliphatic rings. The van der Waals surface area contributed by atoms with Crippen LogP contribution in [0.15, 0.2) is 24.8 Å². The van der Waals surface area contributed by atoms with Gasteiger partial charge in [0.05, 0.1) is 24.4 Å². The minimum Gasteiger partial charge on any atom is -0.491 e. The van der Waals surface area contributed by atoms with Crippen molar-refractivity contribution in [1.29, 1.82) is 0 Å². The summed E-state index contributed by atoms with van der Waals surface area (Å²) in [6.07, 6.45) is 7.81. The first-order chi connectivity index (χ1) is 16.3. The molecule has 1 unspecified atom stereocenters. The van der Waals surface area contributed by atoms with Crippen molar-refractivity contribution in [2.75, 3.05) is 39.9 Å². The van der Waals surface area contributed by atoms with Gasteiger partial charge >= 0.3 is 0 Å². The largest absolute Gasteiger partial charge is 0.491 e. The summed E-state index contributed by atoms with van der Waals surface area (Å²) < 4.78 is 18.2. The van der Waals surface area contributed by atoms with E-state index in [1.807, 2.05) is 0 Å². The third-order valence-corrected chi connectivity index (χ3v) is 8.13. The lowest BCUT2D eigenvalue weighted by molar-refractivity contribution is -0.193. The molecule has 190 valence electrons. The number of hydrogen-bond acceptors (Lipinski definition) is 5. The Bertz CT molecular complexity index is 823. The van der Waals surface area contributed by atoms with Crippen LogP contribution in [0, 0.1) is 12.8 Å². The number of piperidine rings is 1. The molecule has 0 N–H and O–H groups in total. The van der Waals surface area contributed by atoms with Gasteiger partial charge in [-0.15, -0.1) is 0 Å². The van der Waals surface area contributed by atoms with Gasteiger partial charge in [0.25, 0.3) is 0 Å². The second-order valence-electron chi connectivity index (χ2n) is 11.3. The number of likely N-dealkylation sites (tertiary alicyclic amines) is 1. The summed E-state index contributed by atoms with van der Waals surface area (Å²) in [5, 5.41) is 0. The van der Waals surface area contributed by atoms with Gasteiger partial charge in [0.15, 0.2) is 0 Å². The van der Waals surface area contributed by atoms with E-state index in [-0.39, 0.29) is 17.8 Å². The molecule has 1 atom stereocenters. The molecule has 1 saturated carbocycles. The Kier molecular flexibility index (Phi) is 8.27. The van der Waals surface area contributed by atoms with Crippen LogP contribution in [0.5, 0.6) is 5.75 Å². The highest BCUT2D eigenvalue weighted by atomic mass is 16.5. The Hall–Kier alpha value is -1.56. The van der Waals surface area contributed by atoms with E-state index in [2.05, 4.69) is 62.3 Å². The zero-order valence-corrected chi connectivity index (χ0v) is 22.1. The molecule has 1 spiro atoms. The van der Waals surface area contributed by atoms with Crippen LogP contribution in [0.2, 0.25) is 0 Å². The van der Waals surface area contributed by atoms with Crippen molar-refractivity contribution >= 4 is 5.70 Å². The third-order valence-electron chi connectivity index (χ3n) is 8.13. The molecule has 4 rings (SSSR count). The van der Waals surface area contributed by atoms with Crippen molar-refractivity contribution in [2.45, 2.75) is 90.1 Å². The Morgan fingerprint density at radius 3 is 2.50 bits per heavy atom. The molecule has 1 aliphatic carbocycles. The van der Waals surface area contributed by atoms with Crippen molar-refractivity contribution in [3.8, 4) is 5.75 Å². The highest BCUT2D eigenvalue weighted by molar-refractivity contribution is 5.64. The van der Waals surface area contributed by atoms with Gasteiger partial charge in [0.1, 0.15) is 5.75 Å². The van der Waals surface area contributed by atoms with Crippen LogP contribution in [0.25, 0.3) is 5.70 Å². The fourth-order valence-electron chi connectivity index (χ4n) is 6.14. The maximum atomic E-state index is 6.76. The van der Waals surface area contributed by atoms with E-state index < -0.39 is 0 Å². The van der Waals surface area contributed by atoms with E-state index in [0.29, 0.717) is 12.6 Å².